The van der Waals surface area contributed by atoms with Gasteiger partial charge in [-0.05, 0) is 17.7 Å². The molecule has 0 saturated heterocycles. The first-order valence-corrected chi connectivity index (χ1v) is 9.05. The molecule has 0 spiro atoms. The number of hydrogen-bond acceptors (Lipinski definition) is 6. The second-order valence-corrected chi connectivity index (χ2v) is 6.43. The molecule has 0 fully saturated rings. The van der Waals surface area contributed by atoms with Crippen LogP contribution in [0.15, 0.2) is 54.6 Å². The Bertz CT molecular complexity index is 893. The zero-order valence-electron chi connectivity index (χ0n) is 15.8. The fraction of sp³-hybridized carbons (Fsp3) is 0.238. The first-order chi connectivity index (χ1) is 14.0. The van der Waals surface area contributed by atoms with Crippen molar-refractivity contribution < 1.29 is 28.8 Å². The van der Waals surface area contributed by atoms with E-state index in [1.165, 1.54) is 6.92 Å². The van der Waals surface area contributed by atoms with E-state index in [-0.39, 0.29) is 19.6 Å². The molecule has 3 amide bonds. The Kier molecular flexibility index (Phi) is 6.36. The van der Waals surface area contributed by atoms with Crippen molar-refractivity contribution in [2.45, 2.75) is 26.1 Å². The summed E-state index contributed by atoms with van der Waals surface area (Å²) in [7, 11) is 0. The van der Waals surface area contributed by atoms with Gasteiger partial charge in [0.05, 0.1) is 17.7 Å². The van der Waals surface area contributed by atoms with Crippen molar-refractivity contribution in [1.29, 1.82) is 0 Å². The summed E-state index contributed by atoms with van der Waals surface area (Å²) in [6.07, 6.45) is -1.25. The van der Waals surface area contributed by atoms with Crippen molar-refractivity contribution in [3.8, 4) is 0 Å². The molecule has 2 aromatic rings. The van der Waals surface area contributed by atoms with E-state index in [4.69, 9.17) is 9.57 Å². The number of carbonyl (C=O) groups excluding carboxylic acids is 4. The summed E-state index contributed by atoms with van der Waals surface area (Å²) in [6.45, 7) is 1.24. The van der Waals surface area contributed by atoms with E-state index in [1.54, 1.807) is 24.3 Å². The van der Waals surface area contributed by atoms with Crippen molar-refractivity contribution >= 4 is 23.7 Å². The lowest BCUT2D eigenvalue weighted by molar-refractivity contribution is -0.160. The number of rotatable bonds is 8. The van der Waals surface area contributed by atoms with E-state index in [2.05, 4.69) is 5.48 Å². The molecule has 0 aliphatic carbocycles. The van der Waals surface area contributed by atoms with Crippen LogP contribution in [0.1, 0.15) is 39.6 Å². The Labute approximate surface area is 167 Å². The van der Waals surface area contributed by atoms with Gasteiger partial charge in [0.25, 0.3) is 17.7 Å². The highest BCUT2D eigenvalue weighted by molar-refractivity contribution is 6.21. The minimum absolute atomic E-state index is 0.0500. The molecule has 8 heteroatoms. The van der Waals surface area contributed by atoms with Crippen LogP contribution >= 0.6 is 0 Å². The van der Waals surface area contributed by atoms with Crippen molar-refractivity contribution in [2.75, 3.05) is 6.54 Å². The molecular formula is C21H20N2O6. The lowest BCUT2D eigenvalue weighted by Gasteiger charge is -2.19. The number of fused-ring (bicyclic) bond motifs is 1. The number of amides is 3. The van der Waals surface area contributed by atoms with E-state index in [0.717, 1.165) is 10.5 Å². The molecule has 0 bridgehead atoms. The van der Waals surface area contributed by atoms with Crippen molar-refractivity contribution in [2.24, 2.45) is 0 Å². The van der Waals surface area contributed by atoms with Crippen LogP contribution in [0.4, 0.5) is 0 Å². The molecule has 0 aromatic heterocycles. The van der Waals surface area contributed by atoms with Crippen LogP contribution in [-0.4, -0.2) is 41.2 Å². The molecule has 1 atom stereocenters. The third-order valence-electron chi connectivity index (χ3n) is 4.35. The monoisotopic (exact) mass is 396 g/mol. The summed E-state index contributed by atoms with van der Waals surface area (Å²) in [6, 6.07) is 15.7. The maximum absolute atomic E-state index is 12.4. The molecule has 8 nitrogen and oxygen atoms in total. The van der Waals surface area contributed by atoms with Gasteiger partial charge in [-0.25, -0.2) is 5.48 Å². The van der Waals surface area contributed by atoms with Crippen molar-refractivity contribution in [1.82, 2.24) is 10.4 Å². The lowest BCUT2D eigenvalue weighted by Crippen LogP contribution is -2.41. The summed E-state index contributed by atoms with van der Waals surface area (Å²) in [5.41, 5.74) is 3.73. The highest BCUT2D eigenvalue weighted by atomic mass is 16.7. The third kappa shape index (κ3) is 4.85. The Morgan fingerprint density at radius 2 is 1.55 bits per heavy atom. The minimum atomic E-state index is -1.20. The first kappa shape index (κ1) is 20.2. The first-order valence-electron chi connectivity index (χ1n) is 9.05. The maximum Gasteiger partial charge on any atom is 0.303 e. The average molecular weight is 396 g/mol. The summed E-state index contributed by atoms with van der Waals surface area (Å²) in [5, 5.41) is 0. The topological polar surface area (TPSA) is 102 Å². The Hall–Kier alpha value is -3.52. The lowest BCUT2D eigenvalue weighted by atomic mass is 10.1. The van der Waals surface area contributed by atoms with Gasteiger partial charge in [-0.15, -0.1) is 0 Å². The fourth-order valence-electron chi connectivity index (χ4n) is 2.96. The fourth-order valence-corrected chi connectivity index (χ4v) is 2.96. The molecular weight excluding hydrogens is 376 g/mol. The van der Waals surface area contributed by atoms with Gasteiger partial charge in [0.2, 0.25) is 0 Å². The summed E-state index contributed by atoms with van der Waals surface area (Å²) in [4.78, 5) is 54.8. The Morgan fingerprint density at radius 3 is 2.14 bits per heavy atom. The molecule has 150 valence electrons. The number of esters is 1. The van der Waals surface area contributed by atoms with Gasteiger partial charge >= 0.3 is 5.97 Å². The Morgan fingerprint density at radius 1 is 0.966 bits per heavy atom. The third-order valence-corrected chi connectivity index (χ3v) is 4.35. The molecule has 29 heavy (non-hydrogen) atoms. The van der Waals surface area contributed by atoms with Crippen LogP contribution in [-0.2, 0) is 25.8 Å². The van der Waals surface area contributed by atoms with Crippen LogP contribution in [0.2, 0.25) is 0 Å². The van der Waals surface area contributed by atoms with Gasteiger partial charge in [0.1, 0.15) is 0 Å². The van der Waals surface area contributed by atoms with Crippen molar-refractivity contribution in [3.05, 3.63) is 71.3 Å². The average Bonchev–Trinajstić information content (AvgIpc) is 2.96. The van der Waals surface area contributed by atoms with Gasteiger partial charge in [-0.1, -0.05) is 42.5 Å². The Balaban J connectivity index is 1.58. The van der Waals surface area contributed by atoms with Gasteiger partial charge in [-0.3, -0.25) is 28.9 Å². The predicted octanol–water partition coefficient (Wildman–Crippen LogP) is 1.85. The number of imide groups is 1. The molecule has 0 unspecified atom stereocenters. The quantitative estimate of drug-likeness (QED) is 0.415. The number of hydrogen-bond donors (Lipinski definition) is 1. The maximum atomic E-state index is 12.4. The zero-order chi connectivity index (χ0) is 20.8. The second kappa shape index (κ2) is 9.11. The van der Waals surface area contributed by atoms with Crippen LogP contribution in [0.5, 0.6) is 0 Å². The number of ether oxygens (including phenoxy) is 1. The number of benzene rings is 2. The highest BCUT2D eigenvalue weighted by Crippen LogP contribution is 2.23. The van der Waals surface area contributed by atoms with E-state index in [0.29, 0.717) is 11.1 Å². The van der Waals surface area contributed by atoms with Gasteiger partial charge in [0.15, 0.2) is 6.10 Å². The van der Waals surface area contributed by atoms with Gasteiger partial charge < -0.3 is 4.74 Å². The number of nitrogens with zero attached hydrogens (tertiary/aromatic N) is 1. The summed E-state index contributed by atoms with van der Waals surface area (Å²) >= 11 is 0. The molecule has 0 radical (unpaired) electrons. The zero-order valence-corrected chi connectivity index (χ0v) is 15.8. The smallest absolute Gasteiger partial charge is 0.303 e. The predicted molar refractivity (Wildman–Crippen MR) is 101 cm³/mol. The van der Waals surface area contributed by atoms with E-state index < -0.39 is 29.8 Å². The van der Waals surface area contributed by atoms with Crippen LogP contribution < -0.4 is 5.48 Å². The molecule has 1 aliphatic heterocycles. The molecule has 2 aromatic carbocycles. The standard InChI is InChI=1S/C21H20N2O6/c1-14(24)29-18(19(25)22-28-13-15-7-3-2-4-8-15)11-12-23-20(26)16-9-5-6-10-17(16)21(23)27/h2-10,18H,11-13H2,1H3,(H,22,25)/t18-/m0/s1. The normalized spacial score (nSPS) is 13.8. The van der Waals surface area contributed by atoms with Crippen LogP contribution in [0.3, 0.4) is 0 Å². The molecule has 3 rings (SSSR count). The number of hydroxylamine groups is 1. The number of nitrogens with one attached hydrogen (secondary N) is 1. The SMILES string of the molecule is CC(=O)O[C@@H](CCN1C(=O)c2ccccc2C1=O)C(=O)NOCc1ccccc1. The molecule has 1 aliphatic rings. The summed E-state index contributed by atoms with van der Waals surface area (Å²) in [5.74, 6) is -2.20. The van der Waals surface area contributed by atoms with Crippen LogP contribution in [0, 0.1) is 0 Å². The molecule has 1 N–H and O–H groups in total. The van der Waals surface area contributed by atoms with Crippen molar-refractivity contribution in [3.63, 3.8) is 0 Å². The number of carbonyl (C=O) groups is 4. The van der Waals surface area contributed by atoms with Gasteiger partial charge in [-0.2, -0.15) is 0 Å². The minimum Gasteiger partial charge on any atom is -0.452 e. The molecule has 1 heterocycles. The van der Waals surface area contributed by atoms with Gasteiger partial charge in [0, 0.05) is 19.9 Å². The summed E-state index contributed by atoms with van der Waals surface area (Å²) < 4.78 is 5.04. The second-order valence-electron chi connectivity index (χ2n) is 6.43. The van der Waals surface area contributed by atoms with Crippen LogP contribution in [0.25, 0.3) is 0 Å². The highest BCUT2D eigenvalue weighted by Gasteiger charge is 2.36. The van der Waals surface area contributed by atoms with E-state index >= 15 is 0 Å². The van der Waals surface area contributed by atoms with E-state index in [1.807, 2.05) is 30.3 Å². The van der Waals surface area contributed by atoms with E-state index in [9.17, 15) is 19.2 Å². The largest absolute Gasteiger partial charge is 0.452 e. The molecule has 0 saturated carbocycles.